The number of nitriles is 1. The van der Waals surface area contributed by atoms with Gasteiger partial charge in [-0.05, 0) is 23.6 Å². The van der Waals surface area contributed by atoms with Gasteiger partial charge in [-0.1, -0.05) is 60.7 Å². The number of fused-ring (bicyclic) bond motifs is 1. The Hall–Kier alpha value is -2.66. The number of hydrogen-bond donors (Lipinski definition) is 0. The van der Waals surface area contributed by atoms with E-state index in [0.29, 0.717) is 5.56 Å². The molecule has 0 saturated carbocycles. The summed E-state index contributed by atoms with van der Waals surface area (Å²) < 4.78 is 0. The van der Waals surface area contributed by atoms with E-state index in [1.54, 1.807) is 0 Å². The van der Waals surface area contributed by atoms with Crippen LogP contribution in [0.2, 0.25) is 0 Å². The van der Waals surface area contributed by atoms with Crippen LogP contribution >= 0.6 is 0 Å². The fraction of sp³-hybridized carbons (Fsp3) is 0.158. The minimum atomic E-state index is -0.419. The third-order valence-electron chi connectivity index (χ3n) is 4.00. The van der Waals surface area contributed by atoms with Crippen LogP contribution in [0, 0.1) is 17.2 Å². The van der Waals surface area contributed by atoms with E-state index in [4.69, 9.17) is 0 Å². The zero-order chi connectivity index (χ0) is 14.8. The number of nitrogens with zero attached hydrogens (tertiary/aromatic N) is 1. The van der Waals surface area contributed by atoms with Crippen LogP contribution in [0.1, 0.15) is 34.3 Å². The van der Waals surface area contributed by atoms with Gasteiger partial charge < -0.3 is 0 Å². The van der Waals surface area contributed by atoms with Crippen LogP contribution in [0.25, 0.3) is 5.57 Å². The Morgan fingerprint density at radius 3 is 2.43 bits per heavy atom. The zero-order valence-electron chi connectivity index (χ0n) is 11.8. The predicted octanol–water partition coefficient (Wildman–Crippen LogP) is 4.21. The third-order valence-corrected chi connectivity index (χ3v) is 4.00. The maximum absolute atomic E-state index is 12.9. The van der Waals surface area contributed by atoms with Crippen LogP contribution in [0.4, 0.5) is 0 Å². The fourth-order valence-electron chi connectivity index (χ4n) is 2.97. The van der Waals surface area contributed by atoms with Gasteiger partial charge in [-0.3, -0.25) is 4.79 Å². The van der Waals surface area contributed by atoms with Crippen LogP contribution in [-0.4, -0.2) is 5.78 Å². The average Bonchev–Trinajstić information content (AvgIpc) is 2.55. The SMILES string of the molecule is CC1=CC(C#N)C(C(=O)c2ccccc2)c2ccccc21. The zero-order valence-corrected chi connectivity index (χ0v) is 11.8. The summed E-state index contributed by atoms with van der Waals surface area (Å²) in [5.74, 6) is -0.816. The Bertz CT molecular complexity index is 753. The first-order valence-electron chi connectivity index (χ1n) is 6.99. The summed E-state index contributed by atoms with van der Waals surface area (Å²) in [6.45, 7) is 1.99. The highest BCUT2D eigenvalue weighted by Crippen LogP contribution is 2.39. The second kappa shape index (κ2) is 5.38. The highest BCUT2D eigenvalue weighted by atomic mass is 16.1. The quantitative estimate of drug-likeness (QED) is 0.769. The van der Waals surface area contributed by atoms with Crippen molar-refractivity contribution in [1.82, 2.24) is 0 Å². The van der Waals surface area contributed by atoms with Crippen molar-refractivity contribution < 1.29 is 4.79 Å². The number of allylic oxidation sites excluding steroid dienone is 2. The largest absolute Gasteiger partial charge is 0.293 e. The molecule has 102 valence electrons. The normalized spacial score (nSPS) is 20.1. The van der Waals surface area contributed by atoms with E-state index < -0.39 is 11.8 Å². The summed E-state index contributed by atoms with van der Waals surface area (Å²) in [5, 5.41) is 9.45. The molecule has 1 aliphatic carbocycles. The van der Waals surface area contributed by atoms with Crippen LogP contribution in [0.5, 0.6) is 0 Å². The van der Waals surface area contributed by atoms with E-state index in [1.807, 2.05) is 67.6 Å². The molecule has 0 fully saturated rings. The van der Waals surface area contributed by atoms with Gasteiger partial charge in [-0.15, -0.1) is 0 Å². The van der Waals surface area contributed by atoms with Crippen LogP contribution in [-0.2, 0) is 0 Å². The van der Waals surface area contributed by atoms with E-state index in [2.05, 4.69) is 6.07 Å². The van der Waals surface area contributed by atoms with Crippen LogP contribution in [0.3, 0.4) is 0 Å². The second-order valence-electron chi connectivity index (χ2n) is 5.30. The first-order valence-corrected chi connectivity index (χ1v) is 6.99. The van der Waals surface area contributed by atoms with Crippen molar-refractivity contribution in [2.75, 3.05) is 0 Å². The highest BCUT2D eigenvalue weighted by molar-refractivity contribution is 6.03. The molecule has 0 heterocycles. The third kappa shape index (κ3) is 2.28. The topological polar surface area (TPSA) is 40.9 Å². The van der Waals surface area contributed by atoms with E-state index in [0.717, 1.165) is 16.7 Å². The van der Waals surface area contributed by atoms with Crippen LogP contribution < -0.4 is 0 Å². The molecule has 2 atom stereocenters. The molecule has 2 unspecified atom stereocenters. The Kier molecular flexibility index (Phi) is 3.41. The van der Waals surface area contributed by atoms with Crippen molar-refractivity contribution in [2.24, 2.45) is 5.92 Å². The predicted molar refractivity (Wildman–Crippen MR) is 82.7 cm³/mol. The van der Waals surface area contributed by atoms with Gasteiger partial charge in [0.05, 0.1) is 17.9 Å². The second-order valence-corrected chi connectivity index (χ2v) is 5.30. The molecule has 0 aromatic heterocycles. The van der Waals surface area contributed by atoms with Crippen molar-refractivity contribution in [1.29, 1.82) is 5.26 Å². The monoisotopic (exact) mass is 273 g/mol. The summed E-state index contributed by atoms with van der Waals surface area (Å²) in [7, 11) is 0. The van der Waals surface area contributed by atoms with Crippen molar-refractivity contribution >= 4 is 11.4 Å². The van der Waals surface area contributed by atoms with Gasteiger partial charge in [-0.25, -0.2) is 0 Å². The molecule has 1 aliphatic rings. The van der Waals surface area contributed by atoms with Gasteiger partial charge in [0.15, 0.2) is 5.78 Å². The number of hydrogen-bond acceptors (Lipinski definition) is 2. The van der Waals surface area contributed by atoms with E-state index >= 15 is 0 Å². The Morgan fingerprint density at radius 2 is 1.71 bits per heavy atom. The number of ketones is 1. The molecular formula is C19H15NO. The molecule has 0 aliphatic heterocycles. The lowest BCUT2D eigenvalue weighted by Gasteiger charge is -2.27. The van der Waals surface area contributed by atoms with Gasteiger partial charge in [0, 0.05) is 5.56 Å². The molecule has 0 amide bonds. The Labute approximate surface area is 124 Å². The lowest BCUT2D eigenvalue weighted by Crippen LogP contribution is -2.24. The average molecular weight is 273 g/mol. The summed E-state index contributed by atoms with van der Waals surface area (Å²) >= 11 is 0. The van der Waals surface area contributed by atoms with Crippen LogP contribution in [0.15, 0.2) is 60.7 Å². The summed E-state index contributed by atoms with van der Waals surface area (Å²) in [6, 6.07) is 19.4. The molecule has 0 spiro atoms. The van der Waals surface area contributed by atoms with E-state index in [1.165, 1.54) is 0 Å². The van der Waals surface area contributed by atoms with Crippen molar-refractivity contribution in [3.05, 3.63) is 77.4 Å². The van der Waals surface area contributed by atoms with Gasteiger partial charge in [-0.2, -0.15) is 5.26 Å². The maximum atomic E-state index is 12.9. The number of rotatable bonds is 2. The Morgan fingerprint density at radius 1 is 1.05 bits per heavy atom. The molecule has 3 rings (SSSR count). The molecule has 21 heavy (non-hydrogen) atoms. The molecule has 0 bridgehead atoms. The highest BCUT2D eigenvalue weighted by Gasteiger charge is 2.34. The number of benzene rings is 2. The standard InChI is InChI=1S/C19H15NO/c1-13-11-15(12-20)18(17-10-6-5-9-16(13)17)19(21)14-7-3-2-4-8-14/h2-11,15,18H,1H3. The maximum Gasteiger partial charge on any atom is 0.171 e. The lowest BCUT2D eigenvalue weighted by atomic mass is 9.74. The number of carbonyl (C=O) groups excluding carboxylic acids is 1. The summed E-state index contributed by atoms with van der Waals surface area (Å²) in [6.07, 6.45) is 1.91. The van der Waals surface area contributed by atoms with E-state index in [-0.39, 0.29) is 5.78 Å². The molecular weight excluding hydrogens is 258 g/mol. The molecule has 2 nitrogen and oxygen atoms in total. The molecule has 0 radical (unpaired) electrons. The minimum absolute atomic E-state index is 0.0124. The lowest BCUT2D eigenvalue weighted by molar-refractivity contribution is 0.0948. The Balaban J connectivity index is 2.12. The van der Waals surface area contributed by atoms with Gasteiger partial charge in [0.2, 0.25) is 0 Å². The molecule has 2 heteroatoms. The molecule has 0 saturated heterocycles. The van der Waals surface area contributed by atoms with Crippen molar-refractivity contribution in [3.8, 4) is 6.07 Å². The smallest absolute Gasteiger partial charge is 0.171 e. The first kappa shape index (κ1) is 13.3. The number of Topliss-reactive ketones (excluding diaryl/α,β-unsaturated/α-hetero) is 1. The molecule has 2 aromatic rings. The number of carbonyl (C=O) groups is 1. The summed E-state index contributed by atoms with van der Waals surface area (Å²) in [4.78, 5) is 12.9. The molecule has 2 aromatic carbocycles. The van der Waals surface area contributed by atoms with Crippen molar-refractivity contribution in [2.45, 2.75) is 12.8 Å². The summed E-state index contributed by atoms with van der Waals surface area (Å²) in [5.41, 5.74) is 3.75. The van der Waals surface area contributed by atoms with Gasteiger partial charge in [0.25, 0.3) is 0 Å². The van der Waals surface area contributed by atoms with Gasteiger partial charge >= 0.3 is 0 Å². The fourth-order valence-corrected chi connectivity index (χ4v) is 2.97. The van der Waals surface area contributed by atoms with E-state index in [9.17, 15) is 10.1 Å². The molecule has 0 N–H and O–H groups in total. The minimum Gasteiger partial charge on any atom is -0.293 e. The first-order chi connectivity index (χ1) is 10.2. The van der Waals surface area contributed by atoms with Gasteiger partial charge in [0.1, 0.15) is 0 Å². The van der Waals surface area contributed by atoms with Crippen molar-refractivity contribution in [3.63, 3.8) is 0 Å².